The Labute approximate surface area is 111 Å². The Morgan fingerprint density at radius 1 is 1.53 bits per heavy atom. The van der Waals surface area contributed by atoms with Crippen LogP contribution in [0, 0.1) is 0 Å². The minimum Gasteiger partial charge on any atom is -0.380 e. The van der Waals surface area contributed by atoms with Gasteiger partial charge in [-0.15, -0.1) is 0 Å². The highest BCUT2D eigenvalue weighted by Crippen LogP contribution is 2.27. The molecule has 1 aromatic rings. The summed E-state index contributed by atoms with van der Waals surface area (Å²) in [6.07, 6.45) is 2.68. The minimum absolute atomic E-state index is 0.345. The predicted octanol–water partition coefficient (Wildman–Crippen LogP) is 2.52. The van der Waals surface area contributed by atoms with Crippen molar-refractivity contribution in [3.05, 3.63) is 28.2 Å². The van der Waals surface area contributed by atoms with E-state index in [9.17, 15) is 0 Å². The van der Waals surface area contributed by atoms with E-state index in [2.05, 4.69) is 39.0 Å². The number of anilines is 1. The van der Waals surface area contributed by atoms with Crippen molar-refractivity contribution < 1.29 is 4.74 Å². The maximum atomic E-state index is 5.81. The van der Waals surface area contributed by atoms with Gasteiger partial charge in [-0.1, -0.05) is 15.9 Å². The van der Waals surface area contributed by atoms with Crippen LogP contribution >= 0.6 is 15.9 Å². The van der Waals surface area contributed by atoms with Crippen LogP contribution in [0.5, 0.6) is 0 Å². The summed E-state index contributed by atoms with van der Waals surface area (Å²) in [7, 11) is 1.79. The highest BCUT2D eigenvalue weighted by Gasteiger charge is 2.21. The summed E-state index contributed by atoms with van der Waals surface area (Å²) in [6.45, 7) is 2.63. The molecule has 1 aliphatic rings. The monoisotopic (exact) mass is 298 g/mol. The number of benzene rings is 1. The van der Waals surface area contributed by atoms with Gasteiger partial charge in [0.05, 0.1) is 6.10 Å². The van der Waals surface area contributed by atoms with E-state index in [1.54, 1.807) is 7.11 Å². The molecule has 1 aliphatic heterocycles. The Kier molecular flexibility index (Phi) is 4.42. The van der Waals surface area contributed by atoms with Gasteiger partial charge in [0.1, 0.15) is 0 Å². The summed E-state index contributed by atoms with van der Waals surface area (Å²) >= 11 is 3.49. The number of halogens is 1. The first kappa shape index (κ1) is 12.9. The van der Waals surface area contributed by atoms with Crippen LogP contribution in [0.25, 0.3) is 0 Å². The summed E-state index contributed by atoms with van der Waals surface area (Å²) in [5.74, 6) is 0. The smallest absolute Gasteiger partial charge is 0.0746 e. The molecular formula is C13H19BrN2O. The SMILES string of the molecule is COC1CCCN(c2ccc(Br)cc2CN)C1. The summed E-state index contributed by atoms with van der Waals surface area (Å²) < 4.78 is 6.54. The quantitative estimate of drug-likeness (QED) is 0.932. The van der Waals surface area contributed by atoms with Gasteiger partial charge in [0.15, 0.2) is 0 Å². The standard InChI is InChI=1S/C13H19BrN2O/c1-17-12-3-2-6-16(9-12)13-5-4-11(14)7-10(13)8-15/h4-5,7,12H,2-3,6,8-9,15H2,1H3. The highest BCUT2D eigenvalue weighted by atomic mass is 79.9. The van der Waals surface area contributed by atoms with Crippen LogP contribution in [-0.4, -0.2) is 26.3 Å². The second kappa shape index (κ2) is 5.85. The molecule has 1 aromatic carbocycles. The Balaban J connectivity index is 2.20. The normalized spacial score (nSPS) is 20.6. The molecule has 1 fully saturated rings. The molecule has 1 atom stereocenters. The topological polar surface area (TPSA) is 38.5 Å². The van der Waals surface area contributed by atoms with Gasteiger partial charge in [-0.2, -0.15) is 0 Å². The molecule has 2 N–H and O–H groups in total. The fourth-order valence-electron chi connectivity index (χ4n) is 2.38. The number of methoxy groups -OCH3 is 1. The third-order valence-electron chi connectivity index (χ3n) is 3.31. The Bertz CT molecular complexity index is 384. The van der Waals surface area contributed by atoms with Crippen LogP contribution in [0.4, 0.5) is 5.69 Å². The lowest BCUT2D eigenvalue weighted by Gasteiger charge is -2.34. The van der Waals surface area contributed by atoms with Crippen LogP contribution in [0.3, 0.4) is 0 Å². The first-order chi connectivity index (χ1) is 8.24. The third-order valence-corrected chi connectivity index (χ3v) is 3.81. The molecule has 0 amide bonds. The predicted molar refractivity (Wildman–Crippen MR) is 74.3 cm³/mol. The average molecular weight is 299 g/mol. The second-order valence-electron chi connectivity index (χ2n) is 4.42. The average Bonchev–Trinajstić information content (AvgIpc) is 2.38. The van der Waals surface area contributed by atoms with Crippen molar-refractivity contribution in [1.29, 1.82) is 0 Å². The molecule has 0 saturated carbocycles. The van der Waals surface area contributed by atoms with E-state index < -0.39 is 0 Å². The van der Waals surface area contributed by atoms with Crippen LogP contribution in [-0.2, 0) is 11.3 Å². The maximum Gasteiger partial charge on any atom is 0.0746 e. The number of hydrogen-bond donors (Lipinski definition) is 1. The van der Waals surface area contributed by atoms with E-state index in [0.717, 1.165) is 24.0 Å². The largest absolute Gasteiger partial charge is 0.380 e. The molecule has 3 nitrogen and oxygen atoms in total. The summed E-state index contributed by atoms with van der Waals surface area (Å²) in [4.78, 5) is 2.38. The first-order valence-corrected chi connectivity index (χ1v) is 6.80. The number of hydrogen-bond acceptors (Lipinski definition) is 3. The molecule has 1 heterocycles. The zero-order chi connectivity index (χ0) is 12.3. The Morgan fingerprint density at radius 3 is 3.06 bits per heavy atom. The molecule has 0 aromatic heterocycles. The van der Waals surface area contributed by atoms with Crippen molar-refractivity contribution in [2.24, 2.45) is 5.73 Å². The van der Waals surface area contributed by atoms with Gasteiger partial charge in [-0.05, 0) is 36.6 Å². The number of piperidine rings is 1. The van der Waals surface area contributed by atoms with E-state index >= 15 is 0 Å². The fraction of sp³-hybridized carbons (Fsp3) is 0.538. The third kappa shape index (κ3) is 3.00. The van der Waals surface area contributed by atoms with E-state index in [1.165, 1.54) is 17.7 Å². The van der Waals surface area contributed by atoms with Crippen LogP contribution < -0.4 is 10.6 Å². The lowest BCUT2D eigenvalue weighted by molar-refractivity contribution is 0.0893. The summed E-state index contributed by atoms with van der Waals surface area (Å²) in [5.41, 5.74) is 8.25. The summed E-state index contributed by atoms with van der Waals surface area (Å²) in [5, 5.41) is 0. The van der Waals surface area contributed by atoms with E-state index in [4.69, 9.17) is 10.5 Å². The van der Waals surface area contributed by atoms with Gasteiger partial charge >= 0.3 is 0 Å². The van der Waals surface area contributed by atoms with Crippen molar-refractivity contribution in [1.82, 2.24) is 0 Å². The number of nitrogens with two attached hydrogens (primary N) is 1. The maximum absolute atomic E-state index is 5.81. The zero-order valence-corrected chi connectivity index (χ0v) is 11.7. The van der Waals surface area contributed by atoms with Crippen LogP contribution in [0.15, 0.2) is 22.7 Å². The lowest BCUT2D eigenvalue weighted by Crippen LogP contribution is -2.39. The van der Waals surface area contributed by atoms with Crippen molar-refractivity contribution in [2.75, 3.05) is 25.1 Å². The molecule has 0 aliphatic carbocycles. The molecule has 17 heavy (non-hydrogen) atoms. The molecule has 2 rings (SSSR count). The Hall–Kier alpha value is -0.580. The lowest BCUT2D eigenvalue weighted by atomic mass is 10.1. The van der Waals surface area contributed by atoms with Gasteiger partial charge < -0.3 is 15.4 Å². The van der Waals surface area contributed by atoms with Gasteiger partial charge in [0, 0.05) is 36.9 Å². The van der Waals surface area contributed by atoms with E-state index in [-0.39, 0.29) is 0 Å². The fourth-order valence-corrected chi connectivity index (χ4v) is 2.78. The van der Waals surface area contributed by atoms with Gasteiger partial charge in [0.2, 0.25) is 0 Å². The molecule has 94 valence electrons. The van der Waals surface area contributed by atoms with Gasteiger partial charge in [0.25, 0.3) is 0 Å². The number of rotatable bonds is 3. The summed E-state index contributed by atoms with van der Waals surface area (Å²) in [6, 6.07) is 6.32. The minimum atomic E-state index is 0.345. The Morgan fingerprint density at radius 2 is 2.35 bits per heavy atom. The van der Waals surface area contributed by atoms with E-state index in [1.807, 2.05) is 0 Å². The van der Waals surface area contributed by atoms with Crippen LogP contribution in [0.1, 0.15) is 18.4 Å². The molecular weight excluding hydrogens is 280 g/mol. The second-order valence-corrected chi connectivity index (χ2v) is 5.34. The number of nitrogens with zero attached hydrogens (tertiary/aromatic N) is 1. The molecule has 0 spiro atoms. The van der Waals surface area contributed by atoms with Crippen molar-refractivity contribution >= 4 is 21.6 Å². The first-order valence-electron chi connectivity index (χ1n) is 6.01. The molecule has 1 unspecified atom stereocenters. The highest BCUT2D eigenvalue weighted by molar-refractivity contribution is 9.10. The molecule has 0 bridgehead atoms. The van der Waals surface area contributed by atoms with E-state index in [0.29, 0.717) is 12.6 Å². The van der Waals surface area contributed by atoms with Crippen molar-refractivity contribution in [3.63, 3.8) is 0 Å². The molecule has 1 saturated heterocycles. The van der Waals surface area contributed by atoms with Crippen LogP contribution in [0.2, 0.25) is 0 Å². The molecule has 4 heteroatoms. The van der Waals surface area contributed by atoms with Crippen molar-refractivity contribution in [3.8, 4) is 0 Å². The zero-order valence-electron chi connectivity index (χ0n) is 10.2. The van der Waals surface area contributed by atoms with Gasteiger partial charge in [-0.3, -0.25) is 0 Å². The van der Waals surface area contributed by atoms with Gasteiger partial charge in [-0.25, -0.2) is 0 Å². The molecule has 0 radical (unpaired) electrons. The van der Waals surface area contributed by atoms with Crippen molar-refractivity contribution in [2.45, 2.75) is 25.5 Å². The number of ether oxygens (including phenoxy) is 1.